The van der Waals surface area contributed by atoms with Gasteiger partial charge in [0.1, 0.15) is 0 Å². The predicted octanol–water partition coefficient (Wildman–Crippen LogP) is 2.57. The molecule has 2 rings (SSSR count). The Kier molecular flexibility index (Phi) is 5.63. The summed E-state index contributed by atoms with van der Waals surface area (Å²) in [6.07, 6.45) is 2.66. The number of aliphatic hydroxyl groups is 1. The van der Waals surface area contributed by atoms with Crippen molar-refractivity contribution in [2.45, 2.75) is 32.4 Å². The normalized spacial score (nSPS) is 13.7. The first kappa shape index (κ1) is 17.3. The molecule has 0 radical (unpaired) electrons. The van der Waals surface area contributed by atoms with Gasteiger partial charge in [0.2, 0.25) is 0 Å². The minimum atomic E-state index is -0.618. The average Bonchev–Trinajstić information content (AvgIpc) is 2.95. The van der Waals surface area contributed by atoms with Gasteiger partial charge in [-0.15, -0.1) is 0 Å². The molecule has 0 aliphatic carbocycles. The van der Waals surface area contributed by atoms with E-state index in [-0.39, 0.29) is 12.6 Å². The predicted molar refractivity (Wildman–Crippen MR) is 91.8 cm³/mol. The lowest BCUT2D eigenvalue weighted by molar-refractivity contribution is 0.172. The van der Waals surface area contributed by atoms with Crippen molar-refractivity contribution < 1.29 is 14.6 Å². The van der Waals surface area contributed by atoms with E-state index in [0.717, 1.165) is 17.4 Å². The highest BCUT2D eigenvalue weighted by atomic mass is 16.5. The summed E-state index contributed by atoms with van der Waals surface area (Å²) in [5, 5.41) is 16.1. The second-order valence-corrected chi connectivity index (χ2v) is 5.93. The first-order valence-corrected chi connectivity index (χ1v) is 7.79. The molecule has 1 unspecified atom stereocenters. The van der Waals surface area contributed by atoms with Crippen LogP contribution in [0.4, 0.5) is 10.5 Å². The SMILES string of the molecule is CCC(C)(CO)NC(=O)Nc1ccc2ccn(CCOC)c2c1. The topological polar surface area (TPSA) is 75.5 Å². The molecular weight excluding hydrogens is 294 g/mol. The molecule has 0 bridgehead atoms. The molecule has 0 aliphatic rings. The third-order valence-electron chi connectivity index (χ3n) is 4.11. The Labute approximate surface area is 136 Å². The maximum Gasteiger partial charge on any atom is 0.319 e. The molecule has 1 heterocycles. The lowest BCUT2D eigenvalue weighted by Crippen LogP contribution is -2.50. The van der Waals surface area contributed by atoms with Crippen LogP contribution in [0, 0.1) is 0 Å². The number of rotatable bonds is 7. The van der Waals surface area contributed by atoms with Crippen molar-refractivity contribution in [3.05, 3.63) is 30.5 Å². The molecule has 0 fully saturated rings. The molecule has 1 aromatic heterocycles. The number of methoxy groups -OCH3 is 1. The van der Waals surface area contributed by atoms with Crippen molar-refractivity contribution in [1.82, 2.24) is 9.88 Å². The Morgan fingerprint density at radius 3 is 2.83 bits per heavy atom. The largest absolute Gasteiger partial charge is 0.394 e. The van der Waals surface area contributed by atoms with Crippen molar-refractivity contribution in [1.29, 1.82) is 0 Å². The van der Waals surface area contributed by atoms with Crippen molar-refractivity contribution in [3.63, 3.8) is 0 Å². The molecule has 1 atom stereocenters. The number of carbonyl (C=O) groups is 1. The summed E-state index contributed by atoms with van der Waals surface area (Å²) in [5.41, 5.74) is 1.14. The van der Waals surface area contributed by atoms with E-state index in [1.807, 2.05) is 44.3 Å². The Bertz CT molecular complexity index is 662. The minimum Gasteiger partial charge on any atom is -0.394 e. The fourth-order valence-electron chi connectivity index (χ4n) is 2.32. The number of aromatic nitrogens is 1. The smallest absolute Gasteiger partial charge is 0.319 e. The number of amides is 2. The van der Waals surface area contributed by atoms with Crippen LogP contribution in [0.1, 0.15) is 20.3 Å². The van der Waals surface area contributed by atoms with E-state index >= 15 is 0 Å². The number of benzene rings is 1. The third kappa shape index (κ3) is 4.24. The first-order valence-electron chi connectivity index (χ1n) is 7.79. The van der Waals surface area contributed by atoms with E-state index in [2.05, 4.69) is 15.2 Å². The second kappa shape index (κ2) is 7.48. The van der Waals surface area contributed by atoms with Gasteiger partial charge in [-0.1, -0.05) is 13.0 Å². The van der Waals surface area contributed by atoms with Gasteiger partial charge in [-0.3, -0.25) is 0 Å². The van der Waals surface area contributed by atoms with Gasteiger partial charge in [-0.2, -0.15) is 0 Å². The monoisotopic (exact) mass is 319 g/mol. The lowest BCUT2D eigenvalue weighted by Gasteiger charge is -2.27. The molecule has 3 N–H and O–H groups in total. The van der Waals surface area contributed by atoms with Gasteiger partial charge >= 0.3 is 6.03 Å². The average molecular weight is 319 g/mol. The van der Waals surface area contributed by atoms with Gasteiger partial charge in [-0.05, 0) is 36.9 Å². The van der Waals surface area contributed by atoms with Crippen LogP contribution in [0.2, 0.25) is 0 Å². The van der Waals surface area contributed by atoms with Crippen molar-refractivity contribution in [2.75, 3.05) is 25.6 Å². The van der Waals surface area contributed by atoms with Crippen LogP contribution < -0.4 is 10.6 Å². The number of carbonyl (C=O) groups excluding carboxylic acids is 1. The van der Waals surface area contributed by atoms with E-state index in [1.54, 1.807) is 7.11 Å². The number of urea groups is 1. The van der Waals surface area contributed by atoms with Gasteiger partial charge in [0, 0.05) is 25.5 Å². The highest BCUT2D eigenvalue weighted by Gasteiger charge is 2.23. The van der Waals surface area contributed by atoms with E-state index in [1.165, 1.54) is 0 Å². The Hall–Kier alpha value is -2.05. The second-order valence-electron chi connectivity index (χ2n) is 5.93. The summed E-state index contributed by atoms with van der Waals surface area (Å²) in [5.74, 6) is 0. The van der Waals surface area contributed by atoms with Gasteiger partial charge in [0.05, 0.1) is 24.3 Å². The summed E-state index contributed by atoms with van der Waals surface area (Å²) in [6, 6.07) is 7.49. The van der Waals surface area contributed by atoms with E-state index in [4.69, 9.17) is 4.74 Å². The molecule has 23 heavy (non-hydrogen) atoms. The lowest BCUT2D eigenvalue weighted by atomic mass is 10.0. The van der Waals surface area contributed by atoms with E-state index in [9.17, 15) is 9.90 Å². The van der Waals surface area contributed by atoms with Crippen LogP contribution in [0.15, 0.2) is 30.5 Å². The zero-order valence-corrected chi connectivity index (χ0v) is 13.9. The fraction of sp³-hybridized carbons (Fsp3) is 0.471. The number of hydrogen-bond acceptors (Lipinski definition) is 3. The zero-order valence-electron chi connectivity index (χ0n) is 13.9. The standard InChI is InChI=1S/C17H25N3O3/c1-4-17(2,12-21)19-16(22)18-14-6-5-13-7-8-20(9-10-23-3)15(13)11-14/h5-8,11,21H,4,9-10,12H2,1-3H3,(H2,18,19,22). The van der Waals surface area contributed by atoms with Crippen molar-refractivity contribution >= 4 is 22.6 Å². The molecule has 6 heteroatoms. The molecule has 1 aromatic carbocycles. The third-order valence-corrected chi connectivity index (χ3v) is 4.11. The van der Waals surface area contributed by atoms with Crippen LogP contribution in [-0.2, 0) is 11.3 Å². The summed E-state index contributed by atoms with van der Waals surface area (Å²) >= 11 is 0. The highest BCUT2D eigenvalue weighted by Crippen LogP contribution is 2.21. The number of nitrogens with zero attached hydrogens (tertiary/aromatic N) is 1. The Balaban J connectivity index is 2.12. The Morgan fingerprint density at radius 2 is 2.17 bits per heavy atom. The summed E-state index contributed by atoms with van der Waals surface area (Å²) < 4.78 is 7.20. The summed E-state index contributed by atoms with van der Waals surface area (Å²) in [6.45, 7) is 5.02. The molecule has 0 spiro atoms. The van der Waals surface area contributed by atoms with Gasteiger partial charge < -0.3 is 25.0 Å². The summed E-state index contributed by atoms with van der Waals surface area (Å²) in [7, 11) is 1.68. The van der Waals surface area contributed by atoms with E-state index in [0.29, 0.717) is 18.7 Å². The van der Waals surface area contributed by atoms with Crippen LogP contribution in [-0.4, -0.2) is 41.6 Å². The number of hydrogen-bond donors (Lipinski definition) is 3. The molecule has 0 aliphatic heterocycles. The molecule has 2 aromatic rings. The highest BCUT2D eigenvalue weighted by molar-refractivity contribution is 5.93. The Morgan fingerprint density at radius 1 is 1.39 bits per heavy atom. The van der Waals surface area contributed by atoms with Crippen LogP contribution in [0.25, 0.3) is 10.9 Å². The number of nitrogens with one attached hydrogen (secondary N) is 2. The van der Waals surface area contributed by atoms with E-state index < -0.39 is 5.54 Å². The number of anilines is 1. The molecule has 0 saturated carbocycles. The zero-order chi connectivity index (χ0) is 16.9. The van der Waals surface area contributed by atoms with Gasteiger partial charge in [0.15, 0.2) is 0 Å². The molecule has 2 amide bonds. The van der Waals surface area contributed by atoms with Crippen molar-refractivity contribution in [3.8, 4) is 0 Å². The molecule has 0 saturated heterocycles. The number of ether oxygens (including phenoxy) is 1. The van der Waals surface area contributed by atoms with Crippen LogP contribution in [0.3, 0.4) is 0 Å². The maximum atomic E-state index is 12.1. The van der Waals surface area contributed by atoms with Crippen LogP contribution >= 0.6 is 0 Å². The maximum absolute atomic E-state index is 12.1. The minimum absolute atomic E-state index is 0.101. The molecular formula is C17H25N3O3. The van der Waals surface area contributed by atoms with Crippen molar-refractivity contribution in [2.24, 2.45) is 0 Å². The first-order chi connectivity index (χ1) is 11.0. The molecule has 126 valence electrons. The quantitative estimate of drug-likeness (QED) is 0.734. The molecule has 6 nitrogen and oxygen atoms in total. The van der Waals surface area contributed by atoms with Gasteiger partial charge in [-0.25, -0.2) is 4.79 Å². The summed E-state index contributed by atoms with van der Waals surface area (Å²) in [4.78, 5) is 12.1. The fourth-order valence-corrected chi connectivity index (χ4v) is 2.32. The van der Waals surface area contributed by atoms with Gasteiger partial charge in [0.25, 0.3) is 0 Å². The number of aliphatic hydroxyl groups excluding tert-OH is 1. The van der Waals surface area contributed by atoms with Crippen LogP contribution in [0.5, 0.6) is 0 Å². The number of fused-ring (bicyclic) bond motifs is 1.